The number of rotatable bonds is 2. The van der Waals surface area contributed by atoms with Gasteiger partial charge in [-0.3, -0.25) is 0 Å². The smallest absolute Gasteiger partial charge is 0.176 e. The van der Waals surface area contributed by atoms with E-state index < -0.39 is 0 Å². The van der Waals surface area contributed by atoms with Gasteiger partial charge < -0.3 is 5.73 Å². The monoisotopic (exact) mass is 213 g/mol. The lowest BCUT2D eigenvalue weighted by molar-refractivity contribution is 0.306. The van der Waals surface area contributed by atoms with Crippen molar-refractivity contribution in [2.24, 2.45) is 5.73 Å². The zero-order valence-electron chi connectivity index (χ0n) is 8.26. The molecule has 0 aliphatic heterocycles. The van der Waals surface area contributed by atoms with Crippen LogP contribution in [-0.2, 0) is 5.41 Å². The first-order chi connectivity index (χ1) is 6.77. The Morgan fingerprint density at radius 2 is 2.00 bits per heavy atom. The van der Waals surface area contributed by atoms with E-state index >= 15 is 0 Å². The summed E-state index contributed by atoms with van der Waals surface area (Å²) in [5.74, 6) is 0. The van der Waals surface area contributed by atoms with E-state index in [1.54, 1.807) is 6.07 Å². The summed E-state index contributed by atoms with van der Waals surface area (Å²) in [6, 6.07) is 3.48. The number of thiophene rings is 1. The standard InChI is InChI=1S/C11H16FNS/c12-10-5-4-9(14-10)11(8-13)6-2-1-3-7-11/h4-5H,1-3,6-8,13H2. The maximum absolute atomic E-state index is 13.0. The summed E-state index contributed by atoms with van der Waals surface area (Å²) in [6.45, 7) is 0.660. The first-order valence-corrected chi connectivity index (χ1v) is 6.04. The maximum Gasteiger partial charge on any atom is 0.176 e. The van der Waals surface area contributed by atoms with E-state index in [1.807, 2.05) is 6.07 Å². The summed E-state index contributed by atoms with van der Waals surface area (Å²) in [5.41, 5.74) is 5.95. The van der Waals surface area contributed by atoms with Gasteiger partial charge in [-0.1, -0.05) is 19.3 Å². The zero-order valence-corrected chi connectivity index (χ0v) is 9.08. The molecule has 0 aromatic carbocycles. The first kappa shape index (κ1) is 10.1. The van der Waals surface area contributed by atoms with Gasteiger partial charge in [-0.2, -0.15) is 4.39 Å². The van der Waals surface area contributed by atoms with Crippen molar-refractivity contribution < 1.29 is 4.39 Å². The molecule has 2 N–H and O–H groups in total. The van der Waals surface area contributed by atoms with Crippen molar-refractivity contribution in [3.63, 3.8) is 0 Å². The van der Waals surface area contributed by atoms with Crippen LogP contribution in [0, 0.1) is 5.13 Å². The minimum atomic E-state index is -0.0848. The fourth-order valence-electron chi connectivity index (χ4n) is 2.38. The molecule has 0 radical (unpaired) electrons. The number of hydrogen-bond acceptors (Lipinski definition) is 2. The molecule has 0 spiro atoms. The number of nitrogens with two attached hydrogens (primary N) is 1. The SMILES string of the molecule is NCC1(c2ccc(F)s2)CCCCC1. The molecule has 0 amide bonds. The second-order valence-corrected chi connectivity index (χ2v) is 5.18. The number of halogens is 1. The Balaban J connectivity index is 2.26. The highest BCUT2D eigenvalue weighted by molar-refractivity contribution is 7.10. The van der Waals surface area contributed by atoms with Gasteiger partial charge in [-0.25, -0.2) is 0 Å². The topological polar surface area (TPSA) is 26.0 Å². The van der Waals surface area contributed by atoms with E-state index in [0.717, 1.165) is 17.7 Å². The Morgan fingerprint density at radius 1 is 1.29 bits per heavy atom. The van der Waals surface area contributed by atoms with Crippen molar-refractivity contribution in [2.75, 3.05) is 6.54 Å². The average molecular weight is 213 g/mol. The van der Waals surface area contributed by atoms with Crippen LogP contribution >= 0.6 is 11.3 Å². The molecular formula is C11H16FNS. The molecule has 1 aliphatic rings. The summed E-state index contributed by atoms with van der Waals surface area (Å²) < 4.78 is 13.0. The van der Waals surface area contributed by atoms with Gasteiger partial charge in [0.05, 0.1) is 0 Å². The lowest BCUT2D eigenvalue weighted by Crippen LogP contribution is -2.36. The maximum atomic E-state index is 13.0. The van der Waals surface area contributed by atoms with E-state index in [9.17, 15) is 4.39 Å². The third-order valence-corrected chi connectivity index (χ3v) is 4.42. The van der Waals surface area contributed by atoms with Gasteiger partial charge in [0.25, 0.3) is 0 Å². The fraction of sp³-hybridized carbons (Fsp3) is 0.636. The molecule has 0 atom stereocenters. The molecule has 1 aliphatic carbocycles. The third-order valence-electron chi connectivity index (χ3n) is 3.30. The Kier molecular flexibility index (Phi) is 2.88. The lowest BCUT2D eigenvalue weighted by Gasteiger charge is -2.35. The van der Waals surface area contributed by atoms with Crippen LogP contribution in [0.1, 0.15) is 37.0 Å². The van der Waals surface area contributed by atoms with E-state index in [2.05, 4.69) is 0 Å². The molecule has 1 aromatic rings. The Hall–Kier alpha value is -0.410. The Bertz CT molecular complexity index is 302. The lowest BCUT2D eigenvalue weighted by atomic mass is 9.73. The minimum Gasteiger partial charge on any atom is -0.330 e. The van der Waals surface area contributed by atoms with Gasteiger partial charge in [-0.15, -0.1) is 11.3 Å². The van der Waals surface area contributed by atoms with E-state index in [-0.39, 0.29) is 10.5 Å². The van der Waals surface area contributed by atoms with Crippen LogP contribution in [0.25, 0.3) is 0 Å². The van der Waals surface area contributed by atoms with E-state index in [4.69, 9.17) is 5.73 Å². The van der Waals surface area contributed by atoms with Gasteiger partial charge in [0, 0.05) is 16.8 Å². The van der Waals surface area contributed by atoms with E-state index in [1.165, 1.54) is 30.6 Å². The highest BCUT2D eigenvalue weighted by Gasteiger charge is 2.33. The van der Waals surface area contributed by atoms with Gasteiger partial charge in [0.1, 0.15) is 0 Å². The molecular weight excluding hydrogens is 197 g/mol. The summed E-state index contributed by atoms with van der Waals surface area (Å²) in [7, 11) is 0. The molecule has 78 valence electrons. The molecule has 3 heteroatoms. The molecule has 1 heterocycles. The Labute approximate surface area is 88.1 Å². The molecule has 1 saturated carbocycles. The van der Waals surface area contributed by atoms with Crippen molar-refractivity contribution in [1.29, 1.82) is 0 Å². The molecule has 1 aromatic heterocycles. The highest BCUT2D eigenvalue weighted by Crippen LogP contribution is 2.41. The first-order valence-electron chi connectivity index (χ1n) is 5.23. The van der Waals surface area contributed by atoms with Crippen LogP contribution < -0.4 is 5.73 Å². The van der Waals surface area contributed by atoms with Gasteiger partial charge >= 0.3 is 0 Å². The average Bonchev–Trinajstić information content (AvgIpc) is 2.66. The zero-order chi connectivity index (χ0) is 10.0. The van der Waals surface area contributed by atoms with E-state index in [0.29, 0.717) is 6.54 Å². The molecule has 0 unspecified atom stereocenters. The second-order valence-electron chi connectivity index (χ2n) is 4.15. The van der Waals surface area contributed by atoms with Gasteiger partial charge in [0.2, 0.25) is 0 Å². The summed E-state index contributed by atoms with van der Waals surface area (Å²) in [4.78, 5) is 1.15. The van der Waals surface area contributed by atoms with Crippen molar-refractivity contribution >= 4 is 11.3 Å². The van der Waals surface area contributed by atoms with Gasteiger partial charge in [0.15, 0.2) is 5.13 Å². The second kappa shape index (κ2) is 3.99. The highest BCUT2D eigenvalue weighted by atomic mass is 32.1. The molecule has 0 saturated heterocycles. The Morgan fingerprint density at radius 3 is 2.50 bits per heavy atom. The van der Waals surface area contributed by atoms with Crippen molar-refractivity contribution in [3.8, 4) is 0 Å². The van der Waals surface area contributed by atoms with Crippen molar-refractivity contribution in [2.45, 2.75) is 37.5 Å². The quantitative estimate of drug-likeness (QED) is 0.803. The molecule has 14 heavy (non-hydrogen) atoms. The fourth-order valence-corrected chi connectivity index (χ4v) is 3.37. The normalized spacial score (nSPS) is 21.0. The third kappa shape index (κ3) is 1.71. The predicted octanol–water partition coefficient (Wildman–Crippen LogP) is 3.05. The number of hydrogen-bond donors (Lipinski definition) is 1. The summed E-state index contributed by atoms with van der Waals surface area (Å²) >= 11 is 1.27. The predicted molar refractivity (Wildman–Crippen MR) is 58.1 cm³/mol. The van der Waals surface area contributed by atoms with Crippen LogP contribution in [-0.4, -0.2) is 6.54 Å². The summed E-state index contributed by atoms with van der Waals surface area (Å²) in [5, 5.41) is -0.0848. The molecule has 2 rings (SSSR count). The minimum absolute atomic E-state index is 0.0848. The van der Waals surface area contributed by atoms with Crippen LogP contribution in [0.4, 0.5) is 4.39 Å². The van der Waals surface area contributed by atoms with Crippen molar-refractivity contribution in [1.82, 2.24) is 0 Å². The van der Waals surface area contributed by atoms with Crippen LogP contribution in [0.5, 0.6) is 0 Å². The van der Waals surface area contributed by atoms with Crippen molar-refractivity contribution in [3.05, 3.63) is 22.1 Å². The largest absolute Gasteiger partial charge is 0.330 e. The summed E-state index contributed by atoms with van der Waals surface area (Å²) in [6.07, 6.45) is 6.02. The molecule has 1 nitrogen and oxygen atoms in total. The molecule has 0 bridgehead atoms. The van der Waals surface area contributed by atoms with Crippen LogP contribution in [0.2, 0.25) is 0 Å². The molecule has 1 fully saturated rings. The van der Waals surface area contributed by atoms with Crippen LogP contribution in [0.15, 0.2) is 12.1 Å². The van der Waals surface area contributed by atoms with Crippen LogP contribution in [0.3, 0.4) is 0 Å². The van der Waals surface area contributed by atoms with Gasteiger partial charge in [-0.05, 0) is 25.0 Å².